The molecule has 0 saturated heterocycles. The maximum absolute atomic E-state index is 8.49. The average Bonchev–Trinajstić information content (AvgIpc) is 2.28. The van der Waals surface area contributed by atoms with Gasteiger partial charge in [-0.2, -0.15) is 4.57 Å². The highest BCUT2D eigenvalue weighted by Crippen LogP contribution is 2.07. The number of hydrogen-bond acceptors (Lipinski definition) is 4. The molecule has 0 saturated carbocycles. The molecule has 2 rings (SSSR count). The molecule has 0 amide bonds. The van der Waals surface area contributed by atoms with Gasteiger partial charge in [-0.25, -0.2) is 18.6 Å². The van der Waals surface area contributed by atoms with E-state index >= 15 is 0 Å². The van der Waals surface area contributed by atoms with Gasteiger partial charge in [0, 0.05) is 17.5 Å². The van der Waals surface area contributed by atoms with Crippen LogP contribution in [0.1, 0.15) is 0 Å². The molecule has 98 valence electrons. The second-order valence-corrected chi connectivity index (χ2v) is 4.46. The molecule has 0 N–H and O–H groups in total. The molecule has 2 aromatic rings. The van der Waals surface area contributed by atoms with Gasteiger partial charge in [-0.05, 0) is 12.1 Å². The predicted octanol–water partition coefficient (Wildman–Crippen LogP) is -2.39. The summed E-state index contributed by atoms with van der Waals surface area (Å²) in [6.45, 7) is 0.864. The Kier molecular flexibility index (Phi) is 5.74. The van der Waals surface area contributed by atoms with Crippen molar-refractivity contribution in [2.24, 2.45) is 0 Å². The molecule has 0 aliphatic carbocycles. The summed E-state index contributed by atoms with van der Waals surface area (Å²) < 4.78 is 36.1. The second kappa shape index (κ2) is 6.84. The van der Waals surface area contributed by atoms with Crippen LogP contribution in [0, 0.1) is 10.2 Å². The van der Waals surface area contributed by atoms with Crippen molar-refractivity contribution in [2.45, 2.75) is 6.54 Å². The Morgan fingerprint density at radius 3 is 2.17 bits per heavy atom. The van der Waals surface area contributed by atoms with E-state index in [9.17, 15) is 0 Å². The lowest BCUT2D eigenvalue weighted by Crippen LogP contribution is -2.68. The fourth-order valence-electron chi connectivity index (χ4n) is 1.51. The van der Waals surface area contributed by atoms with Crippen molar-refractivity contribution in [2.75, 3.05) is 5.88 Å². The van der Waals surface area contributed by atoms with Gasteiger partial charge in [-0.1, -0.05) is 12.1 Å². The van der Waals surface area contributed by atoms with E-state index in [2.05, 4.69) is 35.0 Å². The van der Waals surface area contributed by atoms with Gasteiger partial charge in [0.05, 0.1) is 5.88 Å². The van der Waals surface area contributed by atoms with E-state index in [4.69, 9.17) is 30.2 Å². The highest BCUT2D eigenvalue weighted by Gasteiger charge is 2.04. The molecule has 0 aliphatic heterocycles. The third-order valence-electron chi connectivity index (χ3n) is 2.11. The lowest BCUT2D eigenvalue weighted by molar-refractivity contribution is -2.00. The third-order valence-corrected chi connectivity index (χ3v) is 2.28. The Hall–Kier alpha value is -0.950. The lowest BCUT2D eigenvalue weighted by Gasteiger charge is -2.17. The van der Waals surface area contributed by atoms with Crippen LogP contribution in [0.25, 0.3) is 10.9 Å². The summed E-state index contributed by atoms with van der Waals surface area (Å²) in [5, 5.41) is 1.26. The average molecular weight is 292 g/mol. The number of nitrogens with zero attached hydrogens (tertiary/aromatic N) is 1. The minimum Gasteiger partial charge on any atom is -0.222 e. The van der Waals surface area contributed by atoms with Gasteiger partial charge in [0.25, 0.3) is 0 Å². The van der Waals surface area contributed by atoms with Crippen molar-refractivity contribution in [3.8, 4) is 0 Å². The van der Waals surface area contributed by atoms with Gasteiger partial charge in [-0.15, -0.1) is 21.8 Å². The van der Waals surface area contributed by atoms with Crippen LogP contribution in [-0.4, -0.2) is 5.88 Å². The van der Waals surface area contributed by atoms with Crippen LogP contribution >= 0.6 is 11.6 Å². The molecule has 1 aromatic carbocycles. The van der Waals surface area contributed by atoms with Gasteiger partial charge in [0.2, 0.25) is 5.52 Å². The zero-order valence-corrected chi connectivity index (χ0v) is 10.8. The van der Waals surface area contributed by atoms with E-state index in [0.717, 1.165) is 6.54 Å². The SMILES string of the molecule is ClCC[n+]1cccc2ccccc21.[O-][Cl+3]([O-])([O-])[O-]. The number of para-hydroxylation sites is 1. The summed E-state index contributed by atoms with van der Waals surface area (Å²) in [6, 6.07) is 12.5. The van der Waals surface area contributed by atoms with Crippen LogP contribution in [0.5, 0.6) is 0 Å². The molecule has 18 heavy (non-hydrogen) atoms. The van der Waals surface area contributed by atoms with Crippen LogP contribution in [0.15, 0.2) is 42.6 Å². The number of halogens is 2. The molecular formula is C11H11Cl2NO4. The quantitative estimate of drug-likeness (QED) is 0.456. The van der Waals surface area contributed by atoms with Crippen molar-refractivity contribution in [1.29, 1.82) is 0 Å². The first kappa shape index (κ1) is 15.1. The highest BCUT2D eigenvalue weighted by molar-refractivity contribution is 6.17. The molecule has 0 fully saturated rings. The maximum atomic E-state index is 8.49. The number of aryl methyl sites for hydroxylation is 1. The summed E-state index contributed by atoms with van der Waals surface area (Å²) in [4.78, 5) is 0. The number of hydrogen-bond donors (Lipinski definition) is 0. The molecule has 0 bridgehead atoms. The van der Waals surface area contributed by atoms with Gasteiger partial charge in [0.1, 0.15) is 0 Å². The molecule has 5 nitrogen and oxygen atoms in total. The van der Waals surface area contributed by atoms with Gasteiger partial charge in [-0.3, -0.25) is 0 Å². The molecule has 0 aliphatic rings. The number of rotatable bonds is 2. The second-order valence-electron chi connectivity index (χ2n) is 3.33. The van der Waals surface area contributed by atoms with E-state index in [0.29, 0.717) is 5.88 Å². The highest BCUT2D eigenvalue weighted by atomic mass is 35.7. The number of alkyl halides is 1. The van der Waals surface area contributed by atoms with Crippen LogP contribution in [0.2, 0.25) is 0 Å². The fourth-order valence-corrected chi connectivity index (χ4v) is 1.69. The number of benzene rings is 1. The van der Waals surface area contributed by atoms with Crippen LogP contribution in [0.4, 0.5) is 0 Å². The van der Waals surface area contributed by atoms with Crippen LogP contribution in [0.3, 0.4) is 0 Å². The number of aromatic nitrogens is 1. The van der Waals surface area contributed by atoms with E-state index < -0.39 is 10.2 Å². The minimum atomic E-state index is -4.94. The van der Waals surface area contributed by atoms with E-state index in [1.54, 1.807) is 0 Å². The Bertz CT molecular complexity index is 490. The van der Waals surface area contributed by atoms with Gasteiger partial charge < -0.3 is 0 Å². The predicted molar refractivity (Wildman–Crippen MR) is 54.9 cm³/mol. The fraction of sp³-hybridized carbons (Fsp3) is 0.182. The van der Waals surface area contributed by atoms with E-state index in [1.165, 1.54) is 10.9 Å². The molecule has 0 spiro atoms. The Balaban J connectivity index is 0.000000280. The van der Waals surface area contributed by atoms with E-state index in [-0.39, 0.29) is 0 Å². The third kappa shape index (κ3) is 5.59. The Morgan fingerprint density at radius 1 is 1.00 bits per heavy atom. The zero-order valence-electron chi connectivity index (χ0n) is 9.29. The monoisotopic (exact) mass is 291 g/mol. The molecule has 0 radical (unpaired) electrons. The summed E-state index contributed by atoms with van der Waals surface area (Å²) in [5.41, 5.74) is 1.24. The van der Waals surface area contributed by atoms with Crippen molar-refractivity contribution >= 4 is 22.5 Å². The van der Waals surface area contributed by atoms with Crippen molar-refractivity contribution in [3.63, 3.8) is 0 Å². The van der Waals surface area contributed by atoms with Crippen molar-refractivity contribution in [3.05, 3.63) is 42.6 Å². The van der Waals surface area contributed by atoms with Crippen LogP contribution in [-0.2, 0) is 6.54 Å². The summed E-state index contributed by atoms with van der Waals surface area (Å²) in [6.07, 6.45) is 2.06. The molecule has 0 atom stereocenters. The topological polar surface area (TPSA) is 96.1 Å². The van der Waals surface area contributed by atoms with Crippen molar-refractivity contribution < 1.29 is 33.4 Å². The summed E-state index contributed by atoms with van der Waals surface area (Å²) in [7, 11) is -4.94. The first-order valence-electron chi connectivity index (χ1n) is 4.97. The Labute approximate surface area is 111 Å². The summed E-state index contributed by atoms with van der Waals surface area (Å²) >= 11 is 5.72. The molecule has 0 unspecified atom stereocenters. The first-order valence-corrected chi connectivity index (χ1v) is 6.73. The number of pyridine rings is 1. The maximum Gasteiger partial charge on any atom is 0.212 e. The normalized spacial score (nSPS) is 10.9. The van der Waals surface area contributed by atoms with E-state index in [1.807, 2.05) is 12.1 Å². The molecule has 1 aromatic heterocycles. The van der Waals surface area contributed by atoms with Crippen LogP contribution < -0.4 is 23.2 Å². The Morgan fingerprint density at radius 2 is 1.56 bits per heavy atom. The smallest absolute Gasteiger partial charge is 0.212 e. The molecular weight excluding hydrogens is 281 g/mol. The van der Waals surface area contributed by atoms with Crippen molar-refractivity contribution in [1.82, 2.24) is 0 Å². The first-order chi connectivity index (χ1) is 8.42. The summed E-state index contributed by atoms with van der Waals surface area (Å²) in [5.74, 6) is 0.651. The largest absolute Gasteiger partial charge is 0.222 e. The zero-order chi connectivity index (χ0) is 13.6. The molecule has 7 heteroatoms. The lowest BCUT2D eigenvalue weighted by atomic mass is 10.2. The van der Waals surface area contributed by atoms with Gasteiger partial charge in [0.15, 0.2) is 12.7 Å². The van der Waals surface area contributed by atoms with Gasteiger partial charge >= 0.3 is 0 Å². The minimum absolute atomic E-state index is 0.651. The standard InChI is InChI=1S/C11H11ClN.ClHO4/c12-7-9-13-8-3-5-10-4-1-2-6-11(10)13;2-1(3,4)5/h1-6,8H,7,9H2;(H,2,3,4,5)/q+1;/p-1. The molecule has 1 heterocycles. The number of fused-ring (bicyclic) bond motifs is 1.